The summed E-state index contributed by atoms with van der Waals surface area (Å²) >= 11 is 0. The van der Waals surface area contributed by atoms with Gasteiger partial charge in [-0.15, -0.1) is 0 Å². The van der Waals surface area contributed by atoms with Gasteiger partial charge in [0.15, 0.2) is 0 Å². The maximum Gasteiger partial charge on any atom is 0.412 e. The van der Waals surface area contributed by atoms with Crippen LogP contribution in [-0.2, 0) is 9.53 Å². The Kier molecular flexibility index (Phi) is 6.27. The van der Waals surface area contributed by atoms with Gasteiger partial charge in [0, 0.05) is 6.54 Å². The molecule has 1 saturated carbocycles. The molecule has 0 unspecified atom stereocenters. The van der Waals surface area contributed by atoms with Gasteiger partial charge in [-0.3, -0.25) is 4.79 Å². The lowest BCUT2D eigenvalue weighted by Gasteiger charge is -2.30. The second kappa shape index (κ2) is 8.67. The Morgan fingerprint density at radius 3 is 2.50 bits per heavy atom. The molecule has 1 fully saturated rings. The first kappa shape index (κ1) is 20.2. The van der Waals surface area contributed by atoms with Crippen molar-refractivity contribution in [2.45, 2.75) is 64.8 Å². The maximum atomic E-state index is 13.1. The minimum atomic E-state index is -0.598. The van der Waals surface area contributed by atoms with Gasteiger partial charge in [-0.05, 0) is 56.9 Å². The summed E-state index contributed by atoms with van der Waals surface area (Å²) in [5.74, 6) is 1.06. The first-order valence-corrected chi connectivity index (χ1v) is 10.3. The Morgan fingerprint density at radius 2 is 1.89 bits per heavy atom. The lowest BCUT2D eigenvalue weighted by molar-refractivity contribution is -0.116. The third-order valence-electron chi connectivity index (χ3n) is 5.49. The van der Waals surface area contributed by atoms with Crippen LogP contribution in [0, 0.1) is 6.92 Å². The van der Waals surface area contributed by atoms with Crippen molar-refractivity contribution >= 4 is 17.6 Å². The summed E-state index contributed by atoms with van der Waals surface area (Å²) in [6.45, 7) is 6.77. The molecule has 2 amide bonds. The first-order chi connectivity index (χ1) is 13.5. The van der Waals surface area contributed by atoms with Crippen LogP contribution in [0.2, 0.25) is 0 Å². The SMILES string of the molecule is CCNC(=O)OC1=C(c2ccc(OCC)cc2C)C(=O)NC12CCCCCC2. The Labute approximate surface area is 166 Å². The fraction of sp³-hybridized carbons (Fsp3) is 0.545. The number of carbonyl (C=O) groups is 2. The molecule has 2 N–H and O–H groups in total. The number of alkyl carbamates (subject to hydrolysis) is 1. The highest BCUT2D eigenvalue weighted by molar-refractivity contribution is 6.23. The zero-order chi connectivity index (χ0) is 20.1. The Morgan fingerprint density at radius 1 is 1.18 bits per heavy atom. The summed E-state index contributed by atoms with van der Waals surface area (Å²) in [5, 5.41) is 5.86. The third-order valence-corrected chi connectivity index (χ3v) is 5.49. The number of hydrogen-bond acceptors (Lipinski definition) is 4. The summed E-state index contributed by atoms with van der Waals surface area (Å²) in [6, 6.07) is 5.65. The monoisotopic (exact) mass is 386 g/mol. The highest BCUT2D eigenvalue weighted by atomic mass is 16.6. The molecule has 0 atom stereocenters. The smallest absolute Gasteiger partial charge is 0.412 e. The van der Waals surface area contributed by atoms with Crippen LogP contribution in [0.1, 0.15) is 63.5 Å². The van der Waals surface area contributed by atoms with Crippen molar-refractivity contribution in [2.24, 2.45) is 0 Å². The average molecular weight is 386 g/mol. The fourth-order valence-corrected chi connectivity index (χ4v) is 4.20. The third kappa shape index (κ3) is 4.01. The minimum Gasteiger partial charge on any atom is -0.494 e. The normalized spacial score (nSPS) is 18.6. The van der Waals surface area contributed by atoms with Crippen LogP contribution in [-0.4, -0.2) is 30.7 Å². The molecule has 0 bridgehead atoms. The fourth-order valence-electron chi connectivity index (χ4n) is 4.20. The summed E-state index contributed by atoms with van der Waals surface area (Å²) in [5.41, 5.74) is 1.56. The van der Waals surface area contributed by atoms with Gasteiger partial charge in [0.25, 0.3) is 5.91 Å². The zero-order valence-electron chi connectivity index (χ0n) is 17.0. The highest BCUT2D eigenvalue weighted by Gasteiger charge is 2.48. The van der Waals surface area contributed by atoms with E-state index in [1.807, 2.05) is 39.0 Å². The number of rotatable bonds is 5. The number of benzene rings is 1. The molecule has 1 aromatic carbocycles. The van der Waals surface area contributed by atoms with E-state index in [1.54, 1.807) is 0 Å². The Hall–Kier alpha value is -2.50. The number of carbonyl (C=O) groups excluding carboxylic acids is 2. The number of amides is 2. The molecule has 1 spiro atoms. The van der Waals surface area contributed by atoms with E-state index in [1.165, 1.54) is 0 Å². The van der Waals surface area contributed by atoms with Crippen molar-refractivity contribution in [1.29, 1.82) is 0 Å². The van der Waals surface area contributed by atoms with Crippen molar-refractivity contribution in [3.63, 3.8) is 0 Å². The van der Waals surface area contributed by atoms with Crippen LogP contribution < -0.4 is 15.4 Å². The van der Waals surface area contributed by atoms with E-state index in [2.05, 4.69) is 10.6 Å². The Bertz CT molecular complexity index is 777. The topological polar surface area (TPSA) is 76.7 Å². The summed E-state index contributed by atoms with van der Waals surface area (Å²) < 4.78 is 11.4. The quantitative estimate of drug-likeness (QED) is 0.800. The van der Waals surface area contributed by atoms with Gasteiger partial charge in [-0.1, -0.05) is 31.7 Å². The standard InChI is InChI=1S/C22H30N2O4/c1-4-23-21(26)28-19-18(17-11-10-16(27-5-2)14-15(17)3)20(25)24-22(19)12-8-6-7-9-13-22/h10-11,14H,4-9,12-13H2,1-3H3,(H,23,26)(H,24,25). The minimum absolute atomic E-state index is 0.173. The first-order valence-electron chi connectivity index (χ1n) is 10.3. The van der Waals surface area contributed by atoms with Crippen LogP contribution in [0.3, 0.4) is 0 Å². The van der Waals surface area contributed by atoms with E-state index in [0.29, 0.717) is 24.5 Å². The largest absolute Gasteiger partial charge is 0.494 e. The molecule has 6 heteroatoms. The molecule has 6 nitrogen and oxygen atoms in total. The number of nitrogens with one attached hydrogen (secondary N) is 2. The lowest BCUT2D eigenvalue weighted by Crippen LogP contribution is -2.45. The molecular weight excluding hydrogens is 356 g/mol. The molecule has 1 aliphatic carbocycles. The molecule has 0 saturated heterocycles. The molecule has 0 aromatic heterocycles. The molecule has 28 heavy (non-hydrogen) atoms. The zero-order valence-corrected chi connectivity index (χ0v) is 17.0. The number of aryl methyl sites for hydroxylation is 1. The van der Waals surface area contributed by atoms with E-state index in [0.717, 1.165) is 55.4 Å². The molecule has 1 aromatic rings. The van der Waals surface area contributed by atoms with Gasteiger partial charge in [0.2, 0.25) is 0 Å². The molecule has 3 rings (SSSR count). The predicted octanol–water partition coefficient (Wildman–Crippen LogP) is 4.07. The van der Waals surface area contributed by atoms with Crippen molar-refractivity contribution in [2.75, 3.05) is 13.2 Å². The molecule has 1 aliphatic heterocycles. The van der Waals surface area contributed by atoms with Crippen LogP contribution >= 0.6 is 0 Å². The molecule has 0 radical (unpaired) electrons. The van der Waals surface area contributed by atoms with Crippen molar-refractivity contribution in [1.82, 2.24) is 10.6 Å². The molecule has 2 aliphatic rings. The van der Waals surface area contributed by atoms with Crippen LogP contribution in [0.4, 0.5) is 4.79 Å². The predicted molar refractivity (Wildman–Crippen MR) is 108 cm³/mol. The van der Waals surface area contributed by atoms with E-state index in [-0.39, 0.29) is 5.91 Å². The number of hydrogen-bond donors (Lipinski definition) is 2. The van der Waals surface area contributed by atoms with Gasteiger partial charge in [-0.25, -0.2) is 4.79 Å². The average Bonchev–Trinajstić information content (AvgIpc) is 2.79. The van der Waals surface area contributed by atoms with Crippen LogP contribution in [0.15, 0.2) is 24.0 Å². The van der Waals surface area contributed by atoms with E-state index in [9.17, 15) is 9.59 Å². The van der Waals surface area contributed by atoms with E-state index >= 15 is 0 Å². The van der Waals surface area contributed by atoms with E-state index in [4.69, 9.17) is 9.47 Å². The molecular formula is C22H30N2O4. The van der Waals surface area contributed by atoms with Gasteiger partial charge in [0.05, 0.1) is 17.7 Å². The molecule has 152 valence electrons. The van der Waals surface area contributed by atoms with Crippen LogP contribution in [0.25, 0.3) is 5.57 Å². The van der Waals surface area contributed by atoms with Crippen molar-refractivity contribution in [3.8, 4) is 5.75 Å². The van der Waals surface area contributed by atoms with Gasteiger partial charge < -0.3 is 20.1 Å². The van der Waals surface area contributed by atoms with E-state index < -0.39 is 11.6 Å². The summed E-state index contributed by atoms with van der Waals surface area (Å²) in [7, 11) is 0. The van der Waals surface area contributed by atoms with Gasteiger partial charge in [0.1, 0.15) is 11.5 Å². The highest BCUT2D eigenvalue weighted by Crippen LogP contribution is 2.43. The molecule has 1 heterocycles. The van der Waals surface area contributed by atoms with Crippen LogP contribution in [0.5, 0.6) is 5.75 Å². The maximum absolute atomic E-state index is 13.1. The lowest BCUT2D eigenvalue weighted by atomic mass is 9.87. The Balaban J connectivity index is 2.08. The summed E-state index contributed by atoms with van der Waals surface area (Å²) in [4.78, 5) is 25.4. The van der Waals surface area contributed by atoms with Crippen molar-refractivity contribution < 1.29 is 19.1 Å². The van der Waals surface area contributed by atoms with Gasteiger partial charge >= 0.3 is 6.09 Å². The van der Waals surface area contributed by atoms with Crippen molar-refractivity contribution in [3.05, 3.63) is 35.1 Å². The summed E-state index contributed by atoms with van der Waals surface area (Å²) in [6.07, 6.45) is 5.31. The second-order valence-electron chi connectivity index (χ2n) is 7.48. The second-order valence-corrected chi connectivity index (χ2v) is 7.48. The number of ether oxygens (including phenoxy) is 2. The van der Waals surface area contributed by atoms with Gasteiger partial charge in [-0.2, -0.15) is 0 Å².